The van der Waals surface area contributed by atoms with Crippen LogP contribution in [0.5, 0.6) is 0 Å². The summed E-state index contributed by atoms with van der Waals surface area (Å²) in [5.74, 6) is -3.22. The number of aryl methyl sites for hydroxylation is 1. The lowest BCUT2D eigenvalue weighted by Gasteiger charge is -2.29. The highest BCUT2D eigenvalue weighted by Crippen LogP contribution is 2.38. The zero-order valence-electron chi connectivity index (χ0n) is 8.51. The molecular weight excluding hydrogens is 186 g/mol. The van der Waals surface area contributed by atoms with Gasteiger partial charge in [-0.1, -0.05) is 29.8 Å². The van der Waals surface area contributed by atoms with Crippen LogP contribution in [0.4, 0.5) is 8.78 Å². The van der Waals surface area contributed by atoms with E-state index in [2.05, 4.69) is 0 Å². The lowest BCUT2D eigenvalue weighted by Crippen LogP contribution is -2.40. The third kappa shape index (κ3) is 1.93. The largest absolute Gasteiger partial charge is 0.384 e. The van der Waals surface area contributed by atoms with Gasteiger partial charge in [0.15, 0.2) is 0 Å². The van der Waals surface area contributed by atoms with E-state index in [1.54, 1.807) is 12.1 Å². The summed E-state index contributed by atoms with van der Waals surface area (Å²) in [7, 11) is 0. The van der Waals surface area contributed by atoms with Crippen molar-refractivity contribution in [2.75, 3.05) is 0 Å². The van der Waals surface area contributed by atoms with E-state index in [-0.39, 0.29) is 5.56 Å². The molecule has 0 aromatic heterocycles. The minimum absolute atomic E-state index is 0.157. The zero-order valence-corrected chi connectivity index (χ0v) is 8.51. The van der Waals surface area contributed by atoms with E-state index in [0.717, 1.165) is 19.4 Å². The minimum Gasteiger partial charge on any atom is -0.384 e. The molecule has 1 nitrogen and oxygen atoms in total. The van der Waals surface area contributed by atoms with Crippen molar-refractivity contribution >= 4 is 0 Å². The third-order valence-corrected chi connectivity index (χ3v) is 2.18. The first-order chi connectivity index (χ1) is 6.25. The van der Waals surface area contributed by atoms with Crippen LogP contribution in [-0.4, -0.2) is 10.7 Å². The molecule has 0 aliphatic carbocycles. The summed E-state index contributed by atoms with van der Waals surface area (Å²) in [5, 5.41) is 9.32. The van der Waals surface area contributed by atoms with Crippen LogP contribution in [0.25, 0.3) is 0 Å². The number of rotatable bonds is 2. The van der Waals surface area contributed by atoms with Gasteiger partial charge in [-0.3, -0.25) is 0 Å². The molecular formula is C11H14F2O. The minimum atomic E-state index is -3.22. The molecule has 1 N–H and O–H groups in total. The van der Waals surface area contributed by atoms with Crippen molar-refractivity contribution in [3.8, 4) is 0 Å². The SMILES string of the molecule is Cc1ccc(C(F)(F)C(C)(C)O)cc1. The lowest BCUT2D eigenvalue weighted by molar-refractivity contribution is -0.168. The number of benzene rings is 1. The van der Waals surface area contributed by atoms with Crippen LogP contribution < -0.4 is 0 Å². The number of hydrogen-bond acceptors (Lipinski definition) is 1. The Labute approximate surface area is 82.4 Å². The van der Waals surface area contributed by atoms with Crippen LogP contribution in [0.1, 0.15) is 25.0 Å². The zero-order chi connectivity index (χ0) is 11.0. The van der Waals surface area contributed by atoms with Gasteiger partial charge in [0.2, 0.25) is 0 Å². The first-order valence-corrected chi connectivity index (χ1v) is 4.42. The monoisotopic (exact) mass is 200 g/mol. The summed E-state index contributed by atoms with van der Waals surface area (Å²) in [4.78, 5) is 0. The molecule has 0 saturated heterocycles. The van der Waals surface area contributed by atoms with Crippen LogP contribution in [0, 0.1) is 6.92 Å². The fraction of sp³-hybridized carbons (Fsp3) is 0.455. The fourth-order valence-corrected chi connectivity index (χ4v) is 1.12. The quantitative estimate of drug-likeness (QED) is 0.778. The van der Waals surface area contributed by atoms with E-state index >= 15 is 0 Å². The molecule has 3 heteroatoms. The molecule has 1 aromatic rings. The standard InChI is InChI=1S/C11H14F2O/c1-8-4-6-9(7-5-8)11(12,13)10(2,3)14/h4-7,14H,1-3H3. The van der Waals surface area contributed by atoms with Crippen LogP contribution >= 0.6 is 0 Å². The summed E-state index contributed by atoms with van der Waals surface area (Å²) in [6.45, 7) is 4.03. The van der Waals surface area contributed by atoms with Crippen LogP contribution in [0.2, 0.25) is 0 Å². The number of alkyl halides is 2. The van der Waals surface area contributed by atoms with Gasteiger partial charge in [0, 0.05) is 5.56 Å². The van der Waals surface area contributed by atoms with Gasteiger partial charge in [-0.25, -0.2) is 0 Å². The Hall–Kier alpha value is -0.960. The number of aliphatic hydroxyl groups is 1. The molecule has 0 bridgehead atoms. The summed E-state index contributed by atoms with van der Waals surface area (Å²) in [6, 6.07) is 5.89. The molecule has 1 aromatic carbocycles. The second kappa shape index (κ2) is 3.31. The normalized spacial score (nSPS) is 13.0. The van der Waals surface area contributed by atoms with Crippen molar-refractivity contribution in [1.82, 2.24) is 0 Å². The van der Waals surface area contributed by atoms with E-state index in [1.807, 2.05) is 6.92 Å². The van der Waals surface area contributed by atoms with Crippen molar-refractivity contribution in [3.63, 3.8) is 0 Å². The Morgan fingerprint density at radius 2 is 1.50 bits per heavy atom. The molecule has 0 aliphatic rings. The molecule has 0 fully saturated rings. The summed E-state index contributed by atoms with van der Waals surface area (Å²) >= 11 is 0. The molecule has 78 valence electrons. The second-order valence-corrected chi connectivity index (χ2v) is 4.00. The van der Waals surface area contributed by atoms with Gasteiger partial charge in [0.05, 0.1) is 0 Å². The fourth-order valence-electron chi connectivity index (χ4n) is 1.12. The topological polar surface area (TPSA) is 20.2 Å². The van der Waals surface area contributed by atoms with Gasteiger partial charge in [0.1, 0.15) is 5.60 Å². The summed E-state index contributed by atoms with van der Waals surface area (Å²) < 4.78 is 27.1. The van der Waals surface area contributed by atoms with Gasteiger partial charge in [-0.2, -0.15) is 8.78 Å². The van der Waals surface area contributed by atoms with Crippen LogP contribution in [0.3, 0.4) is 0 Å². The third-order valence-electron chi connectivity index (χ3n) is 2.18. The van der Waals surface area contributed by atoms with Crippen LogP contribution in [-0.2, 0) is 5.92 Å². The van der Waals surface area contributed by atoms with E-state index in [4.69, 9.17) is 0 Å². The Kier molecular flexibility index (Phi) is 2.63. The smallest absolute Gasteiger partial charge is 0.300 e. The highest BCUT2D eigenvalue weighted by molar-refractivity contribution is 5.26. The van der Waals surface area contributed by atoms with Crippen molar-refractivity contribution in [2.45, 2.75) is 32.3 Å². The molecule has 0 spiro atoms. The second-order valence-electron chi connectivity index (χ2n) is 4.00. The molecule has 0 amide bonds. The predicted octanol–water partition coefficient (Wildman–Crippen LogP) is 2.86. The average molecular weight is 200 g/mol. The van der Waals surface area contributed by atoms with E-state index in [0.29, 0.717) is 0 Å². The molecule has 0 aliphatic heterocycles. The molecule has 1 rings (SSSR count). The van der Waals surface area contributed by atoms with Crippen LogP contribution in [0.15, 0.2) is 24.3 Å². The van der Waals surface area contributed by atoms with Crippen molar-refractivity contribution < 1.29 is 13.9 Å². The molecule has 0 saturated carbocycles. The Balaban J connectivity index is 3.10. The maximum Gasteiger partial charge on any atom is 0.300 e. The van der Waals surface area contributed by atoms with Gasteiger partial charge < -0.3 is 5.11 Å². The molecule has 0 radical (unpaired) electrons. The molecule has 0 unspecified atom stereocenters. The predicted molar refractivity (Wildman–Crippen MR) is 51.4 cm³/mol. The highest BCUT2D eigenvalue weighted by atomic mass is 19.3. The maximum absolute atomic E-state index is 13.5. The average Bonchev–Trinajstić information content (AvgIpc) is 2.03. The first-order valence-electron chi connectivity index (χ1n) is 4.42. The Morgan fingerprint density at radius 1 is 1.07 bits per heavy atom. The van der Waals surface area contributed by atoms with E-state index in [1.165, 1.54) is 12.1 Å². The maximum atomic E-state index is 13.5. The Morgan fingerprint density at radius 3 is 1.86 bits per heavy atom. The first kappa shape index (κ1) is 11.1. The van der Waals surface area contributed by atoms with Gasteiger partial charge in [-0.05, 0) is 20.8 Å². The molecule has 0 heterocycles. The molecule has 14 heavy (non-hydrogen) atoms. The van der Waals surface area contributed by atoms with E-state index < -0.39 is 11.5 Å². The Bertz CT molecular complexity index is 309. The van der Waals surface area contributed by atoms with Crippen molar-refractivity contribution in [2.24, 2.45) is 0 Å². The van der Waals surface area contributed by atoms with Crippen molar-refractivity contribution in [3.05, 3.63) is 35.4 Å². The number of halogens is 2. The summed E-state index contributed by atoms with van der Waals surface area (Å²) in [6.07, 6.45) is 0. The van der Waals surface area contributed by atoms with Gasteiger partial charge >= 0.3 is 5.92 Å². The number of hydrogen-bond donors (Lipinski definition) is 1. The summed E-state index contributed by atoms with van der Waals surface area (Å²) in [5.41, 5.74) is -1.28. The van der Waals surface area contributed by atoms with Gasteiger partial charge in [-0.15, -0.1) is 0 Å². The molecule has 0 atom stereocenters. The van der Waals surface area contributed by atoms with Gasteiger partial charge in [0.25, 0.3) is 0 Å². The van der Waals surface area contributed by atoms with E-state index in [9.17, 15) is 13.9 Å². The van der Waals surface area contributed by atoms with Crippen molar-refractivity contribution in [1.29, 1.82) is 0 Å². The highest BCUT2D eigenvalue weighted by Gasteiger charge is 2.46. The lowest BCUT2D eigenvalue weighted by atomic mass is 9.93.